The molecule has 0 spiro atoms. The number of nitrogens with zero attached hydrogens (tertiary/aromatic N) is 1. The van der Waals surface area contributed by atoms with Gasteiger partial charge < -0.3 is 4.74 Å². The van der Waals surface area contributed by atoms with Gasteiger partial charge in [0.05, 0.1) is 18.1 Å². The quantitative estimate of drug-likeness (QED) is 0.588. The second-order valence-electron chi connectivity index (χ2n) is 4.69. The van der Waals surface area contributed by atoms with Crippen LogP contribution in [-0.4, -0.2) is 17.8 Å². The SMILES string of the molecule is COc1cc(CC(=O)CC(C)C)c([N+](=O)[O-])cc1F. The van der Waals surface area contributed by atoms with Gasteiger partial charge in [-0.25, -0.2) is 4.39 Å². The lowest BCUT2D eigenvalue weighted by molar-refractivity contribution is -0.385. The van der Waals surface area contributed by atoms with E-state index in [-0.39, 0.29) is 29.4 Å². The summed E-state index contributed by atoms with van der Waals surface area (Å²) >= 11 is 0. The first-order chi connectivity index (χ1) is 8.85. The fraction of sp³-hybridized carbons (Fsp3) is 0.462. The van der Waals surface area contributed by atoms with Gasteiger partial charge in [-0.3, -0.25) is 14.9 Å². The highest BCUT2D eigenvalue weighted by Gasteiger charge is 2.21. The molecule has 6 heteroatoms. The van der Waals surface area contributed by atoms with Crippen LogP contribution in [0.5, 0.6) is 5.75 Å². The molecule has 0 heterocycles. The van der Waals surface area contributed by atoms with E-state index in [1.54, 1.807) is 0 Å². The number of hydrogen-bond donors (Lipinski definition) is 0. The second-order valence-corrected chi connectivity index (χ2v) is 4.69. The van der Waals surface area contributed by atoms with E-state index < -0.39 is 16.4 Å². The summed E-state index contributed by atoms with van der Waals surface area (Å²) in [5.74, 6) is -0.854. The largest absolute Gasteiger partial charge is 0.494 e. The molecule has 0 aliphatic carbocycles. The van der Waals surface area contributed by atoms with Gasteiger partial charge in [0, 0.05) is 18.4 Å². The first-order valence-corrected chi connectivity index (χ1v) is 5.87. The van der Waals surface area contributed by atoms with Crippen molar-refractivity contribution < 1.29 is 18.8 Å². The third-order valence-corrected chi connectivity index (χ3v) is 2.57. The molecule has 0 aliphatic heterocycles. The smallest absolute Gasteiger partial charge is 0.276 e. The number of hydrogen-bond acceptors (Lipinski definition) is 4. The van der Waals surface area contributed by atoms with Gasteiger partial charge in [-0.15, -0.1) is 0 Å². The van der Waals surface area contributed by atoms with Crippen LogP contribution in [0.1, 0.15) is 25.8 Å². The average molecular weight is 269 g/mol. The summed E-state index contributed by atoms with van der Waals surface area (Å²) in [6.45, 7) is 3.77. The Bertz CT molecular complexity index is 500. The van der Waals surface area contributed by atoms with Crippen molar-refractivity contribution in [1.82, 2.24) is 0 Å². The van der Waals surface area contributed by atoms with E-state index in [9.17, 15) is 19.3 Å². The van der Waals surface area contributed by atoms with Crippen molar-refractivity contribution in [3.05, 3.63) is 33.6 Å². The molecule has 1 aromatic rings. The molecule has 0 unspecified atom stereocenters. The molecule has 1 rings (SSSR count). The summed E-state index contributed by atoms with van der Waals surface area (Å²) in [7, 11) is 1.27. The first-order valence-electron chi connectivity index (χ1n) is 5.87. The number of ketones is 1. The molecule has 0 saturated heterocycles. The van der Waals surface area contributed by atoms with Crippen molar-refractivity contribution in [3.63, 3.8) is 0 Å². The number of Topliss-reactive ketones (excluding diaryl/α,β-unsaturated/α-hetero) is 1. The number of nitro groups is 1. The summed E-state index contributed by atoms with van der Waals surface area (Å²) in [5.41, 5.74) is -0.218. The van der Waals surface area contributed by atoms with Crippen molar-refractivity contribution in [2.24, 2.45) is 5.92 Å². The molecule has 1 aromatic carbocycles. The molecule has 0 saturated carbocycles. The van der Waals surface area contributed by atoms with Crippen LogP contribution >= 0.6 is 0 Å². The highest BCUT2D eigenvalue weighted by Crippen LogP contribution is 2.28. The maximum absolute atomic E-state index is 13.4. The fourth-order valence-corrected chi connectivity index (χ4v) is 1.79. The lowest BCUT2D eigenvalue weighted by Gasteiger charge is -2.08. The molecule has 104 valence electrons. The van der Waals surface area contributed by atoms with Crippen molar-refractivity contribution in [1.29, 1.82) is 0 Å². The molecule has 0 atom stereocenters. The summed E-state index contributed by atoms with van der Waals surface area (Å²) in [6, 6.07) is 2.00. The zero-order chi connectivity index (χ0) is 14.6. The first kappa shape index (κ1) is 15.1. The number of ether oxygens (including phenoxy) is 1. The Labute approximate surface area is 110 Å². The predicted molar refractivity (Wildman–Crippen MR) is 67.8 cm³/mol. The van der Waals surface area contributed by atoms with Gasteiger partial charge in [0.2, 0.25) is 0 Å². The molecule has 5 nitrogen and oxygen atoms in total. The fourth-order valence-electron chi connectivity index (χ4n) is 1.79. The van der Waals surface area contributed by atoms with Crippen LogP contribution in [0.25, 0.3) is 0 Å². The normalized spacial score (nSPS) is 10.6. The number of benzene rings is 1. The number of carbonyl (C=O) groups excluding carboxylic acids is 1. The molecule has 0 aliphatic rings. The lowest BCUT2D eigenvalue weighted by Crippen LogP contribution is -2.09. The van der Waals surface area contributed by atoms with Gasteiger partial charge in [0.15, 0.2) is 11.6 Å². The van der Waals surface area contributed by atoms with E-state index >= 15 is 0 Å². The van der Waals surface area contributed by atoms with Gasteiger partial charge in [-0.05, 0) is 12.0 Å². The third kappa shape index (κ3) is 4.01. The van der Waals surface area contributed by atoms with Crippen LogP contribution in [0.3, 0.4) is 0 Å². The minimum Gasteiger partial charge on any atom is -0.494 e. The van der Waals surface area contributed by atoms with Crippen molar-refractivity contribution in [2.45, 2.75) is 26.7 Å². The molecule has 0 fully saturated rings. The van der Waals surface area contributed by atoms with Crippen LogP contribution in [0.2, 0.25) is 0 Å². The molecule has 0 aromatic heterocycles. The summed E-state index contributed by atoms with van der Waals surface area (Å²) in [5, 5.41) is 10.9. The standard InChI is InChI=1S/C13H16FNO4/c1-8(2)4-10(16)5-9-6-13(19-3)11(14)7-12(9)15(17)18/h6-8H,4-5H2,1-3H3. The Balaban J connectivity index is 3.10. The van der Waals surface area contributed by atoms with E-state index in [1.807, 2.05) is 13.8 Å². The highest BCUT2D eigenvalue weighted by molar-refractivity contribution is 5.82. The maximum Gasteiger partial charge on any atom is 0.276 e. The van der Waals surface area contributed by atoms with Crippen LogP contribution < -0.4 is 4.74 Å². The van der Waals surface area contributed by atoms with Crippen molar-refractivity contribution in [2.75, 3.05) is 7.11 Å². The molecular weight excluding hydrogens is 253 g/mol. The topological polar surface area (TPSA) is 69.4 Å². The third-order valence-electron chi connectivity index (χ3n) is 2.57. The summed E-state index contributed by atoms with van der Waals surface area (Å²) in [6.07, 6.45) is 0.238. The number of rotatable bonds is 6. The van der Waals surface area contributed by atoms with Gasteiger partial charge in [-0.2, -0.15) is 0 Å². The molecule has 0 N–H and O–H groups in total. The zero-order valence-corrected chi connectivity index (χ0v) is 11.1. The molecular formula is C13H16FNO4. The Hall–Kier alpha value is -1.98. The lowest BCUT2D eigenvalue weighted by atomic mass is 10.00. The van der Waals surface area contributed by atoms with Gasteiger partial charge in [-0.1, -0.05) is 13.8 Å². The van der Waals surface area contributed by atoms with E-state index in [4.69, 9.17) is 4.74 Å². The Morgan fingerprint density at radius 1 is 1.47 bits per heavy atom. The molecule has 19 heavy (non-hydrogen) atoms. The minimum absolute atomic E-state index is 0.0921. The Morgan fingerprint density at radius 2 is 2.11 bits per heavy atom. The molecule has 0 amide bonds. The zero-order valence-electron chi connectivity index (χ0n) is 11.1. The number of methoxy groups -OCH3 is 1. The van der Waals surface area contributed by atoms with E-state index in [2.05, 4.69) is 0 Å². The summed E-state index contributed by atoms with van der Waals surface area (Å²) in [4.78, 5) is 21.9. The predicted octanol–water partition coefficient (Wildman–Crippen LogP) is 2.90. The van der Waals surface area contributed by atoms with Crippen LogP contribution in [0.15, 0.2) is 12.1 Å². The van der Waals surface area contributed by atoms with Crippen LogP contribution in [0.4, 0.5) is 10.1 Å². The highest BCUT2D eigenvalue weighted by atomic mass is 19.1. The Morgan fingerprint density at radius 3 is 2.58 bits per heavy atom. The van der Waals surface area contributed by atoms with Crippen LogP contribution in [0, 0.1) is 21.8 Å². The van der Waals surface area contributed by atoms with E-state index in [0.29, 0.717) is 6.42 Å². The molecule has 0 bridgehead atoms. The van der Waals surface area contributed by atoms with Crippen molar-refractivity contribution >= 4 is 11.5 Å². The van der Waals surface area contributed by atoms with E-state index in [1.165, 1.54) is 13.2 Å². The summed E-state index contributed by atoms with van der Waals surface area (Å²) < 4.78 is 18.2. The van der Waals surface area contributed by atoms with Crippen LogP contribution in [-0.2, 0) is 11.2 Å². The van der Waals surface area contributed by atoms with Gasteiger partial charge in [0.25, 0.3) is 5.69 Å². The number of carbonyl (C=O) groups is 1. The monoisotopic (exact) mass is 269 g/mol. The van der Waals surface area contributed by atoms with E-state index in [0.717, 1.165) is 6.07 Å². The van der Waals surface area contributed by atoms with Gasteiger partial charge in [0.1, 0.15) is 5.78 Å². The minimum atomic E-state index is -0.811. The second kappa shape index (κ2) is 6.26. The average Bonchev–Trinajstić information content (AvgIpc) is 2.29. The maximum atomic E-state index is 13.4. The number of nitro benzene ring substituents is 1. The molecule has 0 radical (unpaired) electrons. The van der Waals surface area contributed by atoms with Crippen molar-refractivity contribution in [3.8, 4) is 5.75 Å². The Kier molecular flexibility index (Phi) is 4.97. The van der Waals surface area contributed by atoms with Gasteiger partial charge >= 0.3 is 0 Å². The number of halogens is 1.